The van der Waals surface area contributed by atoms with Gasteiger partial charge in [0.05, 0.1) is 25.3 Å². The van der Waals surface area contributed by atoms with Crippen molar-refractivity contribution in [2.24, 2.45) is 0 Å². The second kappa shape index (κ2) is 8.10. The molecule has 160 valence electrons. The topological polar surface area (TPSA) is 54.9 Å². The van der Waals surface area contributed by atoms with E-state index in [1.54, 1.807) is 14.2 Å². The molecule has 0 N–H and O–H groups in total. The molecule has 6 heteroatoms. The monoisotopic (exact) mass is 417 g/mol. The number of methoxy groups -OCH3 is 2. The zero-order valence-corrected chi connectivity index (χ0v) is 18.1. The van der Waals surface area contributed by atoms with E-state index in [1.165, 1.54) is 5.56 Å². The molecule has 0 bridgehead atoms. The van der Waals surface area contributed by atoms with Crippen LogP contribution in [-0.4, -0.2) is 49.6 Å². The Bertz CT molecular complexity index is 1140. The van der Waals surface area contributed by atoms with Crippen LogP contribution in [0.4, 0.5) is 5.82 Å². The van der Waals surface area contributed by atoms with E-state index in [4.69, 9.17) is 14.5 Å². The van der Waals surface area contributed by atoms with Gasteiger partial charge in [-0.25, -0.2) is 4.98 Å². The number of ether oxygens (including phenoxy) is 2. The quantitative estimate of drug-likeness (QED) is 0.641. The highest BCUT2D eigenvalue weighted by molar-refractivity contribution is 6.02. The van der Waals surface area contributed by atoms with Crippen LogP contribution in [0.25, 0.3) is 10.9 Å². The predicted octanol–water partition coefficient (Wildman–Crippen LogP) is 4.05. The molecule has 1 aromatic heterocycles. The summed E-state index contributed by atoms with van der Waals surface area (Å²) in [5.74, 6) is 2.29. The molecule has 3 aromatic rings. The largest absolute Gasteiger partial charge is 0.493 e. The van der Waals surface area contributed by atoms with Gasteiger partial charge < -0.3 is 19.3 Å². The van der Waals surface area contributed by atoms with Gasteiger partial charge in [-0.3, -0.25) is 4.79 Å². The number of hydrogen-bond donors (Lipinski definition) is 0. The number of nitrogens with zero attached hydrogens (tertiary/aromatic N) is 3. The molecule has 2 aliphatic heterocycles. The van der Waals surface area contributed by atoms with Crippen LogP contribution in [-0.2, 0) is 13.0 Å². The number of benzene rings is 2. The first-order valence-electron chi connectivity index (χ1n) is 10.9. The Morgan fingerprint density at radius 2 is 1.65 bits per heavy atom. The number of para-hydroxylation sites is 1. The van der Waals surface area contributed by atoms with Crippen LogP contribution in [0.1, 0.15) is 34.3 Å². The van der Waals surface area contributed by atoms with Crippen molar-refractivity contribution in [2.45, 2.75) is 25.8 Å². The van der Waals surface area contributed by atoms with Crippen LogP contribution >= 0.6 is 0 Å². The lowest BCUT2D eigenvalue weighted by Crippen LogP contribution is -2.37. The zero-order valence-electron chi connectivity index (χ0n) is 18.1. The van der Waals surface area contributed by atoms with Gasteiger partial charge in [0.1, 0.15) is 5.82 Å². The Kier molecular flexibility index (Phi) is 5.14. The molecule has 0 saturated carbocycles. The first-order chi connectivity index (χ1) is 15.2. The Balaban J connectivity index is 1.51. The maximum atomic E-state index is 13.7. The summed E-state index contributed by atoms with van der Waals surface area (Å²) in [7, 11) is 3.29. The van der Waals surface area contributed by atoms with E-state index in [-0.39, 0.29) is 5.91 Å². The molecule has 6 nitrogen and oxygen atoms in total. The third-order valence-corrected chi connectivity index (χ3v) is 6.35. The molecular formula is C25H27N3O3. The Hall–Kier alpha value is -3.28. The van der Waals surface area contributed by atoms with Crippen molar-refractivity contribution in [3.63, 3.8) is 0 Å². The predicted molar refractivity (Wildman–Crippen MR) is 121 cm³/mol. The van der Waals surface area contributed by atoms with E-state index in [1.807, 2.05) is 47.4 Å². The van der Waals surface area contributed by atoms with Crippen molar-refractivity contribution < 1.29 is 14.3 Å². The summed E-state index contributed by atoms with van der Waals surface area (Å²) in [5, 5.41) is 0.998. The maximum Gasteiger partial charge on any atom is 0.257 e. The zero-order chi connectivity index (χ0) is 21.4. The Labute approximate surface area is 182 Å². The molecule has 2 aliphatic rings. The van der Waals surface area contributed by atoms with Crippen molar-refractivity contribution in [3.8, 4) is 11.5 Å². The number of aromatic nitrogens is 1. The Morgan fingerprint density at radius 1 is 0.935 bits per heavy atom. The van der Waals surface area contributed by atoms with E-state index in [2.05, 4.69) is 4.90 Å². The molecule has 0 spiro atoms. The van der Waals surface area contributed by atoms with Gasteiger partial charge in [-0.2, -0.15) is 0 Å². The minimum absolute atomic E-state index is 0.0422. The molecule has 2 aromatic carbocycles. The average molecular weight is 418 g/mol. The molecule has 1 saturated heterocycles. The van der Waals surface area contributed by atoms with Gasteiger partial charge in [-0.15, -0.1) is 0 Å². The minimum Gasteiger partial charge on any atom is -0.493 e. The van der Waals surface area contributed by atoms with E-state index in [0.717, 1.165) is 60.4 Å². The molecule has 31 heavy (non-hydrogen) atoms. The first-order valence-corrected chi connectivity index (χ1v) is 10.9. The van der Waals surface area contributed by atoms with Gasteiger partial charge >= 0.3 is 0 Å². The summed E-state index contributed by atoms with van der Waals surface area (Å²) in [6.45, 7) is 3.13. The second-order valence-corrected chi connectivity index (χ2v) is 8.20. The van der Waals surface area contributed by atoms with Crippen molar-refractivity contribution in [3.05, 3.63) is 59.2 Å². The fourth-order valence-electron chi connectivity index (χ4n) is 4.66. The second-order valence-electron chi connectivity index (χ2n) is 8.20. The van der Waals surface area contributed by atoms with Gasteiger partial charge in [0.25, 0.3) is 5.91 Å². The normalized spacial score (nSPS) is 15.8. The van der Waals surface area contributed by atoms with Crippen LogP contribution in [0.3, 0.4) is 0 Å². The molecule has 3 heterocycles. The van der Waals surface area contributed by atoms with Crippen LogP contribution in [0.5, 0.6) is 11.5 Å². The fraction of sp³-hybridized carbons (Fsp3) is 0.360. The first kappa shape index (κ1) is 19.7. The van der Waals surface area contributed by atoms with Crippen LogP contribution < -0.4 is 14.4 Å². The number of amides is 1. The maximum absolute atomic E-state index is 13.7. The highest BCUT2D eigenvalue weighted by atomic mass is 16.5. The number of fused-ring (bicyclic) bond motifs is 2. The third kappa shape index (κ3) is 3.56. The Morgan fingerprint density at radius 3 is 2.39 bits per heavy atom. The summed E-state index contributed by atoms with van der Waals surface area (Å²) in [4.78, 5) is 22.8. The minimum atomic E-state index is 0.0422. The molecule has 0 aliphatic carbocycles. The summed E-state index contributed by atoms with van der Waals surface area (Å²) in [6.07, 6.45) is 3.07. The standard InChI is InChI=1S/C25H27N3O3/c1-30-22-14-17-9-12-28(16-19(17)15-23(22)31-2)25(29)20-13-18-7-3-4-8-21(18)26-24(20)27-10-5-6-11-27/h3-4,7-8,13-15H,5-6,9-12,16H2,1-2H3. The molecule has 0 atom stereocenters. The van der Waals surface area contributed by atoms with Gasteiger partial charge in [0.2, 0.25) is 0 Å². The fourth-order valence-corrected chi connectivity index (χ4v) is 4.66. The average Bonchev–Trinajstić information content (AvgIpc) is 3.36. The van der Waals surface area contributed by atoms with Gasteiger partial charge in [0.15, 0.2) is 11.5 Å². The summed E-state index contributed by atoms with van der Waals surface area (Å²) >= 11 is 0. The number of rotatable bonds is 4. The van der Waals surface area contributed by atoms with E-state index in [9.17, 15) is 4.79 Å². The lowest BCUT2D eigenvalue weighted by atomic mass is 9.98. The van der Waals surface area contributed by atoms with Gasteiger partial charge in [-0.1, -0.05) is 18.2 Å². The van der Waals surface area contributed by atoms with Crippen molar-refractivity contribution >= 4 is 22.6 Å². The number of hydrogen-bond acceptors (Lipinski definition) is 5. The van der Waals surface area contributed by atoms with Gasteiger partial charge in [0, 0.05) is 31.6 Å². The summed E-state index contributed by atoms with van der Waals surface area (Å²) < 4.78 is 10.9. The smallest absolute Gasteiger partial charge is 0.257 e. The van der Waals surface area contributed by atoms with E-state index >= 15 is 0 Å². The molecule has 1 amide bonds. The molecule has 0 unspecified atom stereocenters. The molecule has 5 rings (SSSR count). The van der Waals surface area contributed by atoms with Crippen LogP contribution in [0.15, 0.2) is 42.5 Å². The molecule has 0 radical (unpaired) electrons. The molecular weight excluding hydrogens is 390 g/mol. The van der Waals surface area contributed by atoms with E-state index < -0.39 is 0 Å². The summed E-state index contributed by atoms with van der Waals surface area (Å²) in [5.41, 5.74) is 3.94. The number of carbonyl (C=O) groups excluding carboxylic acids is 1. The molecule has 1 fully saturated rings. The lowest BCUT2D eigenvalue weighted by Gasteiger charge is -2.31. The van der Waals surface area contributed by atoms with Crippen LogP contribution in [0.2, 0.25) is 0 Å². The van der Waals surface area contributed by atoms with Crippen molar-refractivity contribution in [1.29, 1.82) is 0 Å². The summed E-state index contributed by atoms with van der Waals surface area (Å²) in [6, 6.07) is 14.1. The highest BCUT2D eigenvalue weighted by Gasteiger charge is 2.28. The number of carbonyl (C=O) groups is 1. The third-order valence-electron chi connectivity index (χ3n) is 6.35. The van der Waals surface area contributed by atoms with Crippen LogP contribution in [0, 0.1) is 0 Å². The number of anilines is 1. The SMILES string of the molecule is COc1cc2c(cc1OC)CN(C(=O)c1cc3ccccc3nc1N1CCCC1)CC2. The van der Waals surface area contributed by atoms with Crippen molar-refractivity contribution in [2.75, 3.05) is 38.8 Å². The van der Waals surface area contributed by atoms with Crippen molar-refractivity contribution in [1.82, 2.24) is 9.88 Å². The number of pyridine rings is 1. The lowest BCUT2D eigenvalue weighted by molar-refractivity contribution is 0.0735. The van der Waals surface area contributed by atoms with Gasteiger partial charge in [-0.05, 0) is 54.7 Å². The highest BCUT2D eigenvalue weighted by Crippen LogP contribution is 2.34. The van der Waals surface area contributed by atoms with E-state index in [0.29, 0.717) is 24.4 Å².